The molecule has 0 amide bonds. The van der Waals surface area contributed by atoms with Crippen LogP contribution in [-0.4, -0.2) is 35.6 Å². The fourth-order valence-corrected chi connectivity index (χ4v) is 2.35. The van der Waals surface area contributed by atoms with Gasteiger partial charge in [0.15, 0.2) is 0 Å². The Morgan fingerprint density at radius 2 is 2.12 bits per heavy atom. The van der Waals surface area contributed by atoms with E-state index in [0.717, 1.165) is 19.6 Å². The molecule has 3 heteroatoms. The molecule has 0 spiro atoms. The molecule has 2 rings (SSSR count). The minimum absolute atomic E-state index is 0.329. The number of aryl methyl sites for hydroxylation is 1. The molecular weight excluding hydrogens is 210 g/mol. The fourth-order valence-electron chi connectivity index (χ4n) is 2.35. The van der Waals surface area contributed by atoms with Crippen LogP contribution in [0.5, 0.6) is 0 Å². The third-order valence-corrected chi connectivity index (χ3v) is 4.05. The van der Waals surface area contributed by atoms with E-state index in [4.69, 9.17) is 0 Å². The number of hydrogen-bond acceptors (Lipinski definition) is 3. The molecule has 1 aromatic heterocycles. The lowest BCUT2D eigenvalue weighted by Crippen LogP contribution is -2.49. The van der Waals surface area contributed by atoms with Gasteiger partial charge in [-0.15, -0.1) is 0 Å². The van der Waals surface area contributed by atoms with E-state index in [-0.39, 0.29) is 0 Å². The molecule has 1 aliphatic heterocycles. The molecule has 1 aromatic rings. The maximum atomic E-state index is 4.47. The van der Waals surface area contributed by atoms with Crippen molar-refractivity contribution in [2.45, 2.75) is 38.8 Å². The van der Waals surface area contributed by atoms with Gasteiger partial charge in [0.2, 0.25) is 0 Å². The van der Waals surface area contributed by atoms with E-state index >= 15 is 0 Å². The summed E-state index contributed by atoms with van der Waals surface area (Å²) < 4.78 is 0. The second-order valence-corrected chi connectivity index (χ2v) is 5.35. The highest BCUT2D eigenvalue weighted by Gasteiger charge is 2.28. The summed E-state index contributed by atoms with van der Waals surface area (Å²) in [7, 11) is 2.07. The Balaban J connectivity index is 1.93. The van der Waals surface area contributed by atoms with Crippen LogP contribution >= 0.6 is 0 Å². The monoisotopic (exact) mass is 233 g/mol. The largest absolute Gasteiger partial charge is 0.314 e. The van der Waals surface area contributed by atoms with Gasteiger partial charge in [-0.1, -0.05) is 6.07 Å². The van der Waals surface area contributed by atoms with Crippen LogP contribution in [0.1, 0.15) is 31.0 Å². The number of rotatable bonds is 3. The van der Waals surface area contributed by atoms with Gasteiger partial charge in [0.1, 0.15) is 0 Å². The maximum Gasteiger partial charge on any atom is 0.0573 e. The van der Waals surface area contributed by atoms with Gasteiger partial charge in [-0.25, -0.2) is 0 Å². The van der Waals surface area contributed by atoms with Gasteiger partial charge in [0, 0.05) is 31.4 Å². The number of hydrogen-bond donors (Lipinski definition) is 1. The van der Waals surface area contributed by atoms with E-state index in [1.165, 1.54) is 24.1 Å². The van der Waals surface area contributed by atoms with E-state index in [1.54, 1.807) is 0 Å². The molecule has 0 radical (unpaired) electrons. The number of nitrogens with one attached hydrogen (secondary N) is 1. The van der Waals surface area contributed by atoms with Gasteiger partial charge >= 0.3 is 0 Å². The van der Waals surface area contributed by atoms with Crippen molar-refractivity contribution in [3.05, 3.63) is 29.6 Å². The van der Waals surface area contributed by atoms with Gasteiger partial charge in [0.25, 0.3) is 0 Å². The van der Waals surface area contributed by atoms with E-state index < -0.39 is 0 Å². The normalized spacial score (nSPS) is 20.4. The molecule has 0 aromatic carbocycles. The Morgan fingerprint density at radius 1 is 1.41 bits per heavy atom. The van der Waals surface area contributed by atoms with Crippen molar-refractivity contribution in [2.75, 3.05) is 20.1 Å². The lowest BCUT2D eigenvalue weighted by atomic mass is 9.90. The van der Waals surface area contributed by atoms with Gasteiger partial charge in [-0.05, 0) is 45.4 Å². The van der Waals surface area contributed by atoms with Gasteiger partial charge < -0.3 is 5.32 Å². The molecule has 3 nitrogen and oxygen atoms in total. The van der Waals surface area contributed by atoms with Gasteiger partial charge in [-0.2, -0.15) is 0 Å². The topological polar surface area (TPSA) is 28.2 Å². The SMILES string of the molecule is CNC1(C)CCN(Cc2ncccc2C)CC1. The quantitative estimate of drug-likeness (QED) is 0.865. The predicted molar refractivity (Wildman–Crippen MR) is 70.9 cm³/mol. The summed E-state index contributed by atoms with van der Waals surface area (Å²) >= 11 is 0. The number of aromatic nitrogens is 1. The zero-order valence-electron chi connectivity index (χ0n) is 11.2. The summed E-state index contributed by atoms with van der Waals surface area (Å²) in [4.78, 5) is 6.98. The van der Waals surface area contributed by atoms with Crippen LogP contribution in [0.25, 0.3) is 0 Å². The highest BCUT2D eigenvalue weighted by atomic mass is 15.2. The van der Waals surface area contributed by atoms with Crippen molar-refractivity contribution in [2.24, 2.45) is 0 Å². The van der Waals surface area contributed by atoms with Crippen molar-refractivity contribution in [3.8, 4) is 0 Å². The van der Waals surface area contributed by atoms with E-state index in [0.29, 0.717) is 5.54 Å². The smallest absolute Gasteiger partial charge is 0.0573 e. The Kier molecular flexibility index (Phi) is 3.79. The number of likely N-dealkylation sites (tertiary alicyclic amines) is 1. The molecule has 0 atom stereocenters. The van der Waals surface area contributed by atoms with Crippen LogP contribution in [0.2, 0.25) is 0 Å². The summed E-state index contributed by atoms with van der Waals surface area (Å²) in [5.41, 5.74) is 2.85. The van der Waals surface area contributed by atoms with Gasteiger partial charge in [0.05, 0.1) is 5.69 Å². The van der Waals surface area contributed by atoms with Crippen LogP contribution in [0.15, 0.2) is 18.3 Å². The van der Waals surface area contributed by atoms with Crippen molar-refractivity contribution >= 4 is 0 Å². The van der Waals surface area contributed by atoms with Crippen LogP contribution in [0.3, 0.4) is 0 Å². The third-order valence-electron chi connectivity index (χ3n) is 4.05. The number of pyridine rings is 1. The average Bonchev–Trinajstić information content (AvgIpc) is 2.35. The minimum Gasteiger partial charge on any atom is -0.314 e. The zero-order chi connectivity index (χ0) is 12.3. The van der Waals surface area contributed by atoms with Crippen molar-refractivity contribution in [3.63, 3.8) is 0 Å². The summed E-state index contributed by atoms with van der Waals surface area (Å²) in [5.74, 6) is 0. The molecule has 0 bridgehead atoms. The minimum atomic E-state index is 0.329. The average molecular weight is 233 g/mol. The highest BCUT2D eigenvalue weighted by Crippen LogP contribution is 2.22. The molecule has 17 heavy (non-hydrogen) atoms. The molecule has 0 aliphatic carbocycles. The predicted octanol–water partition coefficient (Wildman–Crippen LogP) is 1.96. The third kappa shape index (κ3) is 3.05. The molecule has 0 unspecified atom stereocenters. The lowest BCUT2D eigenvalue weighted by molar-refractivity contribution is 0.145. The standard InChI is InChI=1S/C14H23N3/c1-12-5-4-8-16-13(12)11-17-9-6-14(2,15-3)7-10-17/h4-5,8,15H,6-7,9-11H2,1-3H3. The molecule has 1 fully saturated rings. The summed E-state index contributed by atoms with van der Waals surface area (Å²) in [6.07, 6.45) is 4.33. The Morgan fingerprint density at radius 3 is 2.71 bits per heavy atom. The van der Waals surface area contributed by atoms with Gasteiger partial charge in [-0.3, -0.25) is 9.88 Å². The number of nitrogens with zero attached hydrogens (tertiary/aromatic N) is 2. The van der Waals surface area contributed by atoms with Crippen LogP contribution in [0, 0.1) is 6.92 Å². The Bertz CT molecular complexity index is 367. The summed E-state index contributed by atoms with van der Waals surface area (Å²) in [6, 6.07) is 4.15. The molecule has 1 N–H and O–H groups in total. The van der Waals surface area contributed by atoms with Crippen molar-refractivity contribution < 1.29 is 0 Å². The van der Waals surface area contributed by atoms with Crippen LogP contribution in [-0.2, 0) is 6.54 Å². The summed E-state index contributed by atoms with van der Waals surface area (Å²) in [5, 5.41) is 3.43. The van der Waals surface area contributed by atoms with Crippen LogP contribution < -0.4 is 5.32 Å². The van der Waals surface area contributed by atoms with E-state index in [9.17, 15) is 0 Å². The second-order valence-electron chi connectivity index (χ2n) is 5.35. The number of piperidine rings is 1. The highest BCUT2D eigenvalue weighted by molar-refractivity contribution is 5.17. The summed E-state index contributed by atoms with van der Waals surface area (Å²) in [6.45, 7) is 7.77. The molecule has 1 aliphatic rings. The second kappa shape index (κ2) is 5.15. The first-order valence-corrected chi connectivity index (χ1v) is 6.45. The molecule has 2 heterocycles. The fraction of sp³-hybridized carbons (Fsp3) is 0.643. The lowest BCUT2D eigenvalue weighted by Gasteiger charge is -2.39. The first kappa shape index (κ1) is 12.5. The molecule has 1 saturated heterocycles. The maximum absolute atomic E-state index is 4.47. The zero-order valence-corrected chi connectivity index (χ0v) is 11.2. The van der Waals surface area contributed by atoms with Crippen molar-refractivity contribution in [1.82, 2.24) is 15.2 Å². The van der Waals surface area contributed by atoms with E-state index in [1.807, 2.05) is 12.3 Å². The molecular formula is C14H23N3. The molecule has 0 saturated carbocycles. The first-order valence-electron chi connectivity index (χ1n) is 6.45. The van der Waals surface area contributed by atoms with Crippen molar-refractivity contribution in [1.29, 1.82) is 0 Å². The van der Waals surface area contributed by atoms with Crippen LogP contribution in [0.4, 0.5) is 0 Å². The molecule has 94 valence electrons. The Labute approximate surface area is 104 Å². The van der Waals surface area contributed by atoms with E-state index in [2.05, 4.69) is 42.2 Å². The first-order chi connectivity index (χ1) is 8.13. The Hall–Kier alpha value is -0.930.